The van der Waals surface area contributed by atoms with E-state index in [0.29, 0.717) is 46.2 Å². The second-order valence-corrected chi connectivity index (χ2v) is 13.8. The number of imide groups is 1. The van der Waals surface area contributed by atoms with Gasteiger partial charge in [0.05, 0.1) is 44.8 Å². The van der Waals surface area contributed by atoms with E-state index in [1.165, 1.54) is 4.90 Å². The zero-order chi connectivity index (χ0) is 30.3. The molecule has 2 aromatic carbocycles. The molecule has 5 rings (SSSR count). The van der Waals surface area contributed by atoms with Gasteiger partial charge in [0.25, 0.3) is 11.8 Å². The number of fused-ring (bicyclic) bond motifs is 1. The number of carbonyl (C=O) groups is 2. The lowest BCUT2D eigenvalue weighted by Crippen LogP contribution is -2.41. The molecule has 0 spiro atoms. The van der Waals surface area contributed by atoms with Gasteiger partial charge in [-0.2, -0.15) is 4.98 Å². The number of aromatic nitrogens is 2. The number of anilines is 4. The van der Waals surface area contributed by atoms with Gasteiger partial charge in [-0.1, -0.05) is 12.1 Å². The van der Waals surface area contributed by atoms with Crippen molar-refractivity contribution in [2.45, 2.75) is 63.3 Å². The van der Waals surface area contributed by atoms with Crippen LogP contribution in [-0.4, -0.2) is 77.5 Å². The van der Waals surface area contributed by atoms with E-state index in [4.69, 9.17) is 4.74 Å². The van der Waals surface area contributed by atoms with Gasteiger partial charge < -0.3 is 20.3 Å². The molecule has 0 unspecified atom stereocenters. The molecule has 0 saturated carbocycles. The van der Waals surface area contributed by atoms with E-state index in [0.717, 1.165) is 13.0 Å². The van der Waals surface area contributed by atoms with E-state index < -0.39 is 15.1 Å². The van der Waals surface area contributed by atoms with E-state index in [2.05, 4.69) is 25.5 Å². The Labute approximate surface area is 246 Å². The van der Waals surface area contributed by atoms with Crippen LogP contribution in [0.2, 0.25) is 0 Å². The number of benzene rings is 2. The first-order valence-corrected chi connectivity index (χ1v) is 15.5. The molecular weight excluding hydrogens is 556 g/mol. The maximum Gasteiger partial charge on any atom is 0.261 e. The normalized spacial score (nSPS) is 17.3. The summed E-state index contributed by atoms with van der Waals surface area (Å²) < 4.78 is 32.0. The Morgan fingerprint density at radius 2 is 1.69 bits per heavy atom. The molecule has 12 heteroatoms. The lowest BCUT2D eigenvalue weighted by molar-refractivity contribution is 0.0590. The van der Waals surface area contributed by atoms with Crippen LogP contribution in [-0.2, 0) is 9.84 Å². The number of ether oxygens (including phenoxy) is 1. The summed E-state index contributed by atoms with van der Waals surface area (Å²) in [5, 5.41) is 5.72. The maximum absolute atomic E-state index is 13.4. The van der Waals surface area contributed by atoms with Gasteiger partial charge >= 0.3 is 0 Å². The van der Waals surface area contributed by atoms with Gasteiger partial charge in [0, 0.05) is 18.3 Å². The van der Waals surface area contributed by atoms with Crippen LogP contribution in [0, 0.1) is 6.92 Å². The third-order valence-corrected chi connectivity index (χ3v) is 9.61. The van der Waals surface area contributed by atoms with E-state index in [1.54, 1.807) is 56.4 Å². The van der Waals surface area contributed by atoms with Crippen molar-refractivity contribution in [1.82, 2.24) is 19.8 Å². The van der Waals surface area contributed by atoms with Crippen molar-refractivity contribution in [1.29, 1.82) is 0 Å². The predicted octanol–water partition coefficient (Wildman–Crippen LogP) is 4.54. The second-order valence-electron chi connectivity index (χ2n) is 11.3. The molecule has 42 heavy (non-hydrogen) atoms. The Kier molecular flexibility index (Phi) is 7.95. The molecule has 2 N–H and O–H groups in total. The highest BCUT2D eigenvalue weighted by Gasteiger charge is 2.42. The van der Waals surface area contributed by atoms with Crippen LogP contribution in [0.1, 0.15) is 60.4 Å². The third-order valence-electron chi connectivity index (χ3n) is 7.40. The molecule has 1 saturated heterocycles. The van der Waals surface area contributed by atoms with Gasteiger partial charge in [0.15, 0.2) is 9.84 Å². The highest BCUT2D eigenvalue weighted by molar-refractivity contribution is 7.92. The highest BCUT2D eigenvalue weighted by Crippen LogP contribution is 2.37. The molecule has 0 bridgehead atoms. The molecule has 1 fully saturated rings. The van der Waals surface area contributed by atoms with Crippen molar-refractivity contribution in [2.24, 2.45) is 0 Å². The maximum atomic E-state index is 13.4. The van der Waals surface area contributed by atoms with Crippen molar-refractivity contribution >= 4 is 44.8 Å². The van der Waals surface area contributed by atoms with Crippen molar-refractivity contribution in [3.63, 3.8) is 0 Å². The summed E-state index contributed by atoms with van der Waals surface area (Å²) in [6.07, 6.45) is 2.14. The van der Waals surface area contributed by atoms with Crippen molar-refractivity contribution in [3.8, 4) is 5.75 Å². The number of hydrogen-bond acceptors (Lipinski definition) is 10. The number of rotatable bonds is 9. The number of likely N-dealkylation sites (tertiary alicyclic amines) is 1. The zero-order valence-corrected chi connectivity index (χ0v) is 25.4. The summed E-state index contributed by atoms with van der Waals surface area (Å²) in [6, 6.07) is 9.74. The molecule has 0 radical (unpaired) electrons. The quantitative estimate of drug-likeness (QED) is 0.341. The fraction of sp³-hybridized carbons (Fsp3) is 0.400. The second kappa shape index (κ2) is 11.3. The molecule has 1 aromatic heterocycles. The van der Waals surface area contributed by atoms with Crippen LogP contribution >= 0.6 is 0 Å². The number of aryl methyl sites for hydroxylation is 1. The van der Waals surface area contributed by atoms with Gasteiger partial charge in [-0.05, 0) is 78.9 Å². The molecule has 0 aliphatic carbocycles. The Morgan fingerprint density at radius 3 is 2.33 bits per heavy atom. The van der Waals surface area contributed by atoms with Crippen LogP contribution in [0.15, 0.2) is 47.5 Å². The minimum Gasteiger partial charge on any atom is -0.489 e. The van der Waals surface area contributed by atoms with Gasteiger partial charge in [-0.3, -0.25) is 14.5 Å². The van der Waals surface area contributed by atoms with E-state index in [-0.39, 0.29) is 34.8 Å². The number of sulfone groups is 1. The summed E-state index contributed by atoms with van der Waals surface area (Å²) in [6.45, 7) is 10.3. The number of carbonyl (C=O) groups excluding carboxylic acids is 2. The summed E-state index contributed by atoms with van der Waals surface area (Å²) in [5.41, 5.74) is 2.15. The highest BCUT2D eigenvalue weighted by atomic mass is 32.2. The van der Waals surface area contributed by atoms with Crippen molar-refractivity contribution in [3.05, 3.63) is 59.3 Å². The minimum absolute atomic E-state index is 0.176. The van der Waals surface area contributed by atoms with Gasteiger partial charge in [-0.15, -0.1) is 0 Å². The lowest BCUT2D eigenvalue weighted by Gasteiger charge is -2.21. The molecule has 11 nitrogen and oxygen atoms in total. The number of nitrogens with one attached hydrogen (secondary N) is 2. The first kappa shape index (κ1) is 29.5. The first-order valence-electron chi connectivity index (χ1n) is 14.0. The zero-order valence-electron chi connectivity index (χ0n) is 24.6. The number of hydrogen-bond donors (Lipinski definition) is 2. The Morgan fingerprint density at radius 1 is 1.00 bits per heavy atom. The first-order chi connectivity index (χ1) is 19.9. The average molecular weight is 593 g/mol. The Bertz CT molecular complexity index is 1660. The largest absolute Gasteiger partial charge is 0.489 e. The standard InChI is InChI=1S/C30H36N6O5S/c1-17(2)41-25-14-22-21(28(37)36(29(22)38)20-11-12-35(6)16-20)13-24(25)33-30-31-15-19(5)27(34-30)32-23-9-7-8-10-26(23)42(39,40)18(3)4/h7-10,13-15,17-18,20H,11-12,16H2,1-6H3,(H2,31,32,33,34)/t20-/m0/s1. The molecule has 3 heterocycles. The number of likely N-dealkylation sites (N-methyl/N-ethyl adjacent to an activating group) is 1. The SMILES string of the molecule is Cc1cnc(Nc2cc3c(cc2OC(C)C)C(=O)N([C@H]2CCN(C)C2)C3=O)nc1Nc1ccccc1S(=O)(=O)C(C)C. The molecule has 2 aliphatic heterocycles. The molecule has 222 valence electrons. The van der Waals surface area contributed by atoms with Crippen LogP contribution in [0.3, 0.4) is 0 Å². The topological polar surface area (TPSA) is 134 Å². The average Bonchev–Trinajstić information content (AvgIpc) is 3.45. The van der Waals surface area contributed by atoms with Gasteiger partial charge in [-0.25, -0.2) is 13.4 Å². The number of amides is 2. The summed E-state index contributed by atoms with van der Waals surface area (Å²) in [5.74, 6) is 0.358. The molecular formula is C30H36N6O5S. The smallest absolute Gasteiger partial charge is 0.261 e. The molecule has 1 atom stereocenters. The van der Waals surface area contributed by atoms with Gasteiger partial charge in [0.1, 0.15) is 11.6 Å². The molecule has 2 aliphatic rings. The predicted molar refractivity (Wildman–Crippen MR) is 161 cm³/mol. The Hall–Kier alpha value is -4.03. The minimum atomic E-state index is -3.55. The van der Waals surface area contributed by atoms with E-state index in [9.17, 15) is 18.0 Å². The molecule has 3 aromatic rings. The van der Waals surface area contributed by atoms with Crippen LogP contribution in [0.25, 0.3) is 0 Å². The summed E-state index contributed by atoms with van der Waals surface area (Å²) in [7, 11) is -1.58. The third kappa shape index (κ3) is 5.56. The van der Waals surface area contributed by atoms with Crippen molar-refractivity contribution in [2.75, 3.05) is 30.8 Å². The number of para-hydroxylation sites is 1. The fourth-order valence-corrected chi connectivity index (χ4v) is 6.34. The Balaban J connectivity index is 1.48. The van der Waals surface area contributed by atoms with Crippen molar-refractivity contribution < 1.29 is 22.7 Å². The van der Waals surface area contributed by atoms with Crippen LogP contribution < -0.4 is 15.4 Å². The fourth-order valence-electron chi connectivity index (χ4n) is 5.14. The van der Waals surface area contributed by atoms with E-state index >= 15 is 0 Å². The lowest BCUT2D eigenvalue weighted by atomic mass is 10.1. The summed E-state index contributed by atoms with van der Waals surface area (Å²) in [4.78, 5) is 39.4. The number of nitrogens with zero attached hydrogens (tertiary/aromatic N) is 4. The van der Waals surface area contributed by atoms with E-state index in [1.807, 2.05) is 27.8 Å². The summed E-state index contributed by atoms with van der Waals surface area (Å²) >= 11 is 0. The van der Waals surface area contributed by atoms with Crippen LogP contribution in [0.4, 0.5) is 23.1 Å². The van der Waals surface area contributed by atoms with Gasteiger partial charge in [0.2, 0.25) is 5.95 Å². The molecule has 2 amide bonds. The monoisotopic (exact) mass is 592 g/mol. The van der Waals surface area contributed by atoms with Crippen LogP contribution in [0.5, 0.6) is 5.75 Å².